The second kappa shape index (κ2) is 4.89. The maximum absolute atomic E-state index is 4.26. The Kier molecular flexibility index (Phi) is 3.30. The van der Waals surface area contributed by atoms with Crippen LogP contribution in [0.15, 0.2) is 36.7 Å². The Balaban J connectivity index is 2.26. The smallest absolute Gasteiger partial charge is 0.0346 e. The van der Waals surface area contributed by atoms with Crippen molar-refractivity contribution in [3.63, 3.8) is 0 Å². The molecular weight excluding hydrogens is 184 g/mol. The number of aromatic nitrogens is 1. The SMILES string of the molecule is CCNCCc1cncc2ccccc12. The Morgan fingerprint density at radius 3 is 2.93 bits per heavy atom. The molecule has 1 aromatic carbocycles. The predicted molar refractivity (Wildman–Crippen MR) is 64.0 cm³/mol. The molecule has 0 fully saturated rings. The predicted octanol–water partition coefficient (Wildman–Crippen LogP) is 2.39. The molecule has 2 heteroatoms. The topological polar surface area (TPSA) is 24.9 Å². The average molecular weight is 200 g/mol. The van der Waals surface area contributed by atoms with Gasteiger partial charge in [-0.1, -0.05) is 31.2 Å². The zero-order valence-electron chi connectivity index (χ0n) is 9.03. The summed E-state index contributed by atoms with van der Waals surface area (Å²) in [7, 11) is 0. The summed E-state index contributed by atoms with van der Waals surface area (Å²) in [5, 5.41) is 5.89. The van der Waals surface area contributed by atoms with Crippen molar-refractivity contribution in [2.75, 3.05) is 13.1 Å². The van der Waals surface area contributed by atoms with E-state index in [1.807, 2.05) is 12.4 Å². The molecule has 78 valence electrons. The van der Waals surface area contributed by atoms with Crippen LogP contribution in [0, 0.1) is 0 Å². The van der Waals surface area contributed by atoms with Gasteiger partial charge in [0.15, 0.2) is 0 Å². The fraction of sp³-hybridized carbons (Fsp3) is 0.308. The van der Waals surface area contributed by atoms with Gasteiger partial charge in [0.05, 0.1) is 0 Å². The fourth-order valence-corrected chi connectivity index (χ4v) is 1.78. The van der Waals surface area contributed by atoms with Crippen LogP contribution in [0.3, 0.4) is 0 Å². The molecule has 15 heavy (non-hydrogen) atoms. The van der Waals surface area contributed by atoms with E-state index in [1.165, 1.54) is 16.3 Å². The Morgan fingerprint density at radius 1 is 1.20 bits per heavy atom. The van der Waals surface area contributed by atoms with Gasteiger partial charge in [-0.25, -0.2) is 0 Å². The maximum atomic E-state index is 4.26. The molecule has 0 saturated carbocycles. The van der Waals surface area contributed by atoms with Crippen LogP contribution in [0.25, 0.3) is 10.8 Å². The molecule has 0 radical (unpaired) electrons. The molecule has 2 nitrogen and oxygen atoms in total. The largest absolute Gasteiger partial charge is 0.317 e. The Bertz CT molecular complexity index is 432. The zero-order valence-corrected chi connectivity index (χ0v) is 9.03. The molecule has 0 bridgehead atoms. The lowest BCUT2D eigenvalue weighted by Crippen LogP contribution is -2.16. The number of nitrogens with zero attached hydrogens (tertiary/aromatic N) is 1. The lowest BCUT2D eigenvalue weighted by atomic mass is 10.1. The highest BCUT2D eigenvalue weighted by atomic mass is 14.8. The molecule has 0 spiro atoms. The van der Waals surface area contributed by atoms with E-state index in [4.69, 9.17) is 0 Å². The van der Waals surface area contributed by atoms with E-state index in [9.17, 15) is 0 Å². The quantitative estimate of drug-likeness (QED) is 0.766. The van der Waals surface area contributed by atoms with Crippen molar-refractivity contribution in [1.82, 2.24) is 10.3 Å². The summed E-state index contributed by atoms with van der Waals surface area (Å²) in [5.41, 5.74) is 1.33. The molecule has 1 aromatic heterocycles. The van der Waals surface area contributed by atoms with E-state index in [1.54, 1.807) is 0 Å². The first kappa shape index (κ1) is 10.1. The number of hydrogen-bond acceptors (Lipinski definition) is 2. The number of rotatable bonds is 4. The van der Waals surface area contributed by atoms with Crippen LogP contribution in [0.2, 0.25) is 0 Å². The molecule has 0 unspecified atom stereocenters. The van der Waals surface area contributed by atoms with Crippen molar-refractivity contribution in [3.8, 4) is 0 Å². The van der Waals surface area contributed by atoms with E-state index < -0.39 is 0 Å². The number of nitrogens with one attached hydrogen (secondary N) is 1. The molecule has 2 rings (SSSR count). The summed E-state index contributed by atoms with van der Waals surface area (Å²) < 4.78 is 0. The van der Waals surface area contributed by atoms with E-state index in [-0.39, 0.29) is 0 Å². The summed E-state index contributed by atoms with van der Waals surface area (Å²) in [4.78, 5) is 4.26. The van der Waals surface area contributed by atoms with Gasteiger partial charge in [-0.2, -0.15) is 0 Å². The summed E-state index contributed by atoms with van der Waals surface area (Å²) in [6.45, 7) is 4.17. The van der Waals surface area contributed by atoms with E-state index in [0.29, 0.717) is 0 Å². The van der Waals surface area contributed by atoms with Crippen molar-refractivity contribution < 1.29 is 0 Å². The number of likely N-dealkylation sites (N-methyl/N-ethyl adjacent to an activating group) is 1. The van der Waals surface area contributed by atoms with Crippen LogP contribution in [-0.2, 0) is 6.42 Å². The Hall–Kier alpha value is -1.41. The zero-order chi connectivity index (χ0) is 10.5. The summed E-state index contributed by atoms with van der Waals surface area (Å²) in [6, 6.07) is 8.41. The van der Waals surface area contributed by atoms with Crippen molar-refractivity contribution in [1.29, 1.82) is 0 Å². The molecule has 2 aromatic rings. The van der Waals surface area contributed by atoms with Crippen LogP contribution in [0.5, 0.6) is 0 Å². The summed E-state index contributed by atoms with van der Waals surface area (Å²) >= 11 is 0. The van der Waals surface area contributed by atoms with Crippen LogP contribution < -0.4 is 5.32 Å². The third-order valence-corrected chi connectivity index (χ3v) is 2.57. The van der Waals surface area contributed by atoms with Gasteiger partial charge >= 0.3 is 0 Å². The third kappa shape index (κ3) is 2.34. The Labute approximate surface area is 90.3 Å². The second-order valence-electron chi connectivity index (χ2n) is 3.62. The van der Waals surface area contributed by atoms with Gasteiger partial charge in [0.2, 0.25) is 0 Å². The van der Waals surface area contributed by atoms with Gasteiger partial charge in [-0.3, -0.25) is 4.98 Å². The van der Waals surface area contributed by atoms with E-state index in [0.717, 1.165) is 19.5 Å². The van der Waals surface area contributed by atoms with E-state index in [2.05, 4.69) is 41.5 Å². The highest BCUT2D eigenvalue weighted by Gasteiger charge is 1.99. The molecule has 0 aliphatic rings. The van der Waals surface area contributed by atoms with Crippen LogP contribution in [0.1, 0.15) is 12.5 Å². The van der Waals surface area contributed by atoms with Crippen molar-refractivity contribution in [3.05, 3.63) is 42.2 Å². The highest BCUT2D eigenvalue weighted by Crippen LogP contribution is 2.16. The second-order valence-corrected chi connectivity index (χ2v) is 3.62. The lowest BCUT2D eigenvalue weighted by Gasteiger charge is -2.05. The van der Waals surface area contributed by atoms with Gasteiger partial charge in [0, 0.05) is 17.8 Å². The third-order valence-electron chi connectivity index (χ3n) is 2.57. The first-order valence-electron chi connectivity index (χ1n) is 5.44. The minimum atomic E-state index is 1.02. The minimum Gasteiger partial charge on any atom is -0.317 e. The molecule has 0 aliphatic carbocycles. The number of benzene rings is 1. The highest BCUT2D eigenvalue weighted by molar-refractivity contribution is 5.84. The lowest BCUT2D eigenvalue weighted by molar-refractivity contribution is 0.717. The Morgan fingerprint density at radius 2 is 2.07 bits per heavy atom. The number of pyridine rings is 1. The van der Waals surface area contributed by atoms with Gasteiger partial charge in [-0.15, -0.1) is 0 Å². The molecule has 0 amide bonds. The maximum Gasteiger partial charge on any atom is 0.0346 e. The first-order chi connectivity index (χ1) is 7.42. The first-order valence-corrected chi connectivity index (χ1v) is 5.44. The summed E-state index contributed by atoms with van der Waals surface area (Å²) in [6.07, 6.45) is 4.94. The average Bonchev–Trinajstić information content (AvgIpc) is 2.30. The molecule has 0 saturated heterocycles. The minimum absolute atomic E-state index is 1.02. The van der Waals surface area contributed by atoms with E-state index >= 15 is 0 Å². The fourth-order valence-electron chi connectivity index (χ4n) is 1.78. The monoisotopic (exact) mass is 200 g/mol. The molecule has 1 heterocycles. The van der Waals surface area contributed by atoms with Gasteiger partial charge in [0.25, 0.3) is 0 Å². The van der Waals surface area contributed by atoms with Gasteiger partial charge in [0.1, 0.15) is 0 Å². The summed E-state index contributed by atoms with van der Waals surface area (Å²) in [5.74, 6) is 0. The van der Waals surface area contributed by atoms with Crippen molar-refractivity contribution >= 4 is 10.8 Å². The van der Waals surface area contributed by atoms with Crippen molar-refractivity contribution in [2.24, 2.45) is 0 Å². The van der Waals surface area contributed by atoms with Crippen LogP contribution >= 0.6 is 0 Å². The normalized spacial score (nSPS) is 10.7. The number of hydrogen-bond donors (Lipinski definition) is 1. The molecule has 0 aliphatic heterocycles. The molecule has 0 atom stereocenters. The van der Waals surface area contributed by atoms with Crippen LogP contribution in [-0.4, -0.2) is 18.1 Å². The standard InChI is InChI=1S/C13H16N2/c1-2-14-8-7-12-10-15-9-11-5-3-4-6-13(11)12/h3-6,9-10,14H,2,7-8H2,1H3. The van der Waals surface area contributed by atoms with Gasteiger partial charge in [-0.05, 0) is 30.5 Å². The molecule has 1 N–H and O–H groups in total. The van der Waals surface area contributed by atoms with Crippen LogP contribution in [0.4, 0.5) is 0 Å². The van der Waals surface area contributed by atoms with Crippen molar-refractivity contribution in [2.45, 2.75) is 13.3 Å². The van der Waals surface area contributed by atoms with Gasteiger partial charge < -0.3 is 5.32 Å². The molecular formula is C13H16N2. The number of fused-ring (bicyclic) bond motifs is 1.